The van der Waals surface area contributed by atoms with Crippen molar-refractivity contribution in [2.24, 2.45) is 0 Å². The number of halogens is 1. The Morgan fingerprint density at radius 3 is 2.42 bits per heavy atom. The number of carbonyl (C=O) groups excluding carboxylic acids is 1. The summed E-state index contributed by atoms with van der Waals surface area (Å²) in [5.74, 6) is 0.958. The summed E-state index contributed by atoms with van der Waals surface area (Å²) in [5, 5.41) is 6.01. The molecule has 1 aliphatic rings. The minimum absolute atomic E-state index is 0.0122. The molecule has 1 fully saturated rings. The van der Waals surface area contributed by atoms with Crippen molar-refractivity contribution in [3.63, 3.8) is 0 Å². The first-order chi connectivity index (χ1) is 19.5. The standard InChI is InChI=1S/C31H33FN4O4/c1-21-6-8-22(9-7-21)34-31(37)35-23-10-11-28(25(32)18-23)40-27-12-13-33-26-20-30(29(38-2)19-24(26)27)39-17-5-16-36-14-3-4-15-36/h6-13,18-20H,3-5,14-17H2,1-2H3,(H2,34,35,37). The second-order valence-corrected chi connectivity index (χ2v) is 9.77. The number of hydrogen-bond acceptors (Lipinski definition) is 6. The molecule has 2 N–H and O–H groups in total. The fourth-order valence-electron chi connectivity index (χ4n) is 4.68. The molecule has 0 bridgehead atoms. The Bertz CT molecular complexity index is 1470. The predicted octanol–water partition coefficient (Wildman–Crippen LogP) is 6.99. The number of methoxy groups -OCH3 is 1. The topological polar surface area (TPSA) is 85.0 Å². The molecular weight excluding hydrogens is 511 g/mol. The van der Waals surface area contributed by atoms with E-state index in [0.29, 0.717) is 46.1 Å². The summed E-state index contributed by atoms with van der Waals surface area (Å²) in [6.45, 7) is 5.88. The van der Waals surface area contributed by atoms with Crippen LogP contribution in [0, 0.1) is 12.7 Å². The maximum Gasteiger partial charge on any atom is 0.323 e. The summed E-state index contributed by atoms with van der Waals surface area (Å²) in [6, 6.07) is 16.4. The number of aromatic nitrogens is 1. The maximum atomic E-state index is 15.0. The lowest BCUT2D eigenvalue weighted by atomic mass is 10.1. The van der Waals surface area contributed by atoms with Crippen LogP contribution in [-0.4, -0.2) is 49.3 Å². The molecular formula is C31H33FN4O4. The van der Waals surface area contributed by atoms with Crippen LogP contribution in [0.3, 0.4) is 0 Å². The number of hydrogen-bond donors (Lipinski definition) is 2. The van der Waals surface area contributed by atoms with E-state index in [-0.39, 0.29) is 5.75 Å². The SMILES string of the molecule is COc1cc2c(Oc3ccc(NC(=O)Nc4ccc(C)cc4)cc3F)ccnc2cc1OCCCN1CCCC1. The molecule has 1 aliphatic heterocycles. The molecule has 0 radical (unpaired) electrons. The molecule has 1 aromatic heterocycles. The number of pyridine rings is 1. The number of anilines is 2. The van der Waals surface area contributed by atoms with Crippen molar-refractivity contribution in [2.45, 2.75) is 26.2 Å². The highest BCUT2D eigenvalue weighted by atomic mass is 19.1. The van der Waals surface area contributed by atoms with Crippen molar-refractivity contribution in [3.05, 3.63) is 78.2 Å². The van der Waals surface area contributed by atoms with Crippen LogP contribution in [0.2, 0.25) is 0 Å². The average molecular weight is 545 g/mol. The van der Waals surface area contributed by atoms with E-state index < -0.39 is 11.8 Å². The van der Waals surface area contributed by atoms with Crippen LogP contribution >= 0.6 is 0 Å². The van der Waals surface area contributed by atoms with Gasteiger partial charge in [0, 0.05) is 41.6 Å². The fourth-order valence-corrected chi connectivity index (χ4v) is 4.68. The molecule has 8 nitrogen and oxygen atoms in total. The molecule has 5 rings (SSSR count). The molecule has 0 unspecified atom stereocenters. The molecule has 0 atom stereocenters. The molecule has 208 valence electrons. The van der Waals surface area contributed by atoms with Crippen molar-refractivity contribution in [1.82, 2.24) is 9.88 Å². The third-order valence-electron chi connectivity index (χ3n) is 6.78. The molecule has 0 saturated carbocycles. The number of rotatable bonds is 10. The van der Waals surface area contributed by atoms with Gasteiger partial charge in [0.1, 0.15) is 5.75 Å². The molecule has 9 heteroatoms. The second-order valence-electron chi connectivity index (χ2n) is 9.77. The van der Waals surface area contributed by atoms with Crippen LogP contribution in [0.15, 0.2) is 66.9 Å². The van der Waals surface area contributed by atoms with E-state index in [9.17, 15) is 9.18 Å². The third kappa shape index (κ3) is 6.79. The molecule has 3 aromatic carbocycles. The zero-order valence-corrected chi connectivity index (χ0v) is 22.7. The van der Waals surface area contributed by atoms with Gasteiger partial charge in [0.15, 0.2) is 23.1 Å². The van der Waals surface area contributed by atoms with E-state index >= 15 is 0 Å². The number of likely N-dealkylation sites (tertiary alicyclic amines) is 1. The van der Waals surface area contributed by atoms with Crippen LogP contribution in [-0.2, 0) is 0 Å². The van der Waals surface area contributed by atoms with Gasteiger partial charge in [-0.15, -0.1) is 0 Å². The van der Waals surface area contributed by atoms with Crippen molar-refractivity contribution in [3.8, 4) is 23.0 Å². The summed E-state index contributed by atoms with van der Waals surface area (Å²) in [7, 11) is 1.58. The van der Waals surface area contributed by atoms with Crippen LogP contribution < -0.4 is 24.8 Å². The van der Waals surface area contributed by atoms with Gasteiger partial charge in [-0.2, -0.15) is 0 Å². The Kier molecular flexibility index (Phi) is 8.61. The smallest absolute Gasteiger partial charge is 0.323 e. The molecule has 0 aliphatic carbocycles. The lowest BCUT2D eigenvalue weighted by molar-refractivity contribution is 0.254. The fraction of sp³-hybridized carbons (Fsp3) is 0.290. The number of ether oxygens (including phenoxy) is 3. The van der Waals surface area contributed by atoms with E-state index in [1.807, 2.05) is 25.1 Å². The van der Waals surface area contributed by atoms with Gasteiger partial charge < -0.3 is 29.7 Å². The van der Waals surface area contributed by atoms with Gasteiger partial charge in [0.25, 0.3) is 0 Å². The van der Waals surface area contributed by atoms with Crippen LogP contribution in [0.1, 0.15) is 24.8 Å². The normalized spacial score (nSPS) is 13.3. The number of nitrogens with one attached hydrogen (secondary N) is 2. The molecule has 0 spiro atoms. The summed E-state index contributed by atoms with van der Waals surface area (Å²) in [6.07, 6.45) is 5.07. The first kappa shape index (κ1) is 27.2. The van der Waals surface area contributed by atoms with Gasteiger partial charge in [0.2, 0.25) is 0 Å². The first-order valence-corrected chi connectivity index (χ1v) is 13.4. The Labute approximate surface area is 233 Å². The van der Waals surface area contributed by atoms with E-state index in [1.54, 1.807) is 43.6 Å². The highest BCUT2D eigenvalue weighted by Crippen LogP contribution is 2.38. The predicted molar refractivity (Wildman–Crippen MR) is 154 cm³/mol. The van der Waals surface area contributed by atoms with Crippen molar-refractivity contribution in [2.75, 3.05) is 44.0 Å². The zero-order valence-electron chi connectivity index (χ0n) is 22.7. The molecule has 40 heavy (non-hydrogen) atoms. The molecule has 1 saturated heterocycles. The first-order valence-electron chi connectivity index (χ1n) is 13.4. The van der Waals surface area contributed by atoms with Crippen LogP contribution in [0.5, 0.6) is 23.0 Å². The highest BCUT2D eigenvalue weighted by molar-refractivity contribution is 5.99. The van der Waals surface area contributed by atoms with Gasteiger partial charge in [-0.05, 0) is 75.7 Å². The van der Waals surface area contributed by atoms with Gasteiger partial charge >= 0.3 is 6.03 Å². The number of urea groups is 1. The van der Waals surface area contributed by atoms with E-state index in [4.69, 9.17) is 14.2 Å². The zero-order chi connectivity index (χ0) is 27.9. The lowest BCUT2D eigenvalue weighted by Crippen LogP contribution is -2.21. The van der Waals surface area contributed by atoms with Crippen molar-refractivity contribution < 1.29 is 23.4 Å². The van der Waals surface area contributed by atoms with Gasteiger partial charge in [-0.25, -0.2) is 9.18 Å². The number of nitrogens with zero attached hydrogens (tertiary/aromatic N) is 2. The minimum atomic E-state index is -0.622. The number of aryl methyl sites for hydroxylation is 1. The average Bonchev–Trinajstić information content (AvgIpc) is 3.47. The number of carbonyl (C=O) groups is 1. The molecule has 2 heterocycles. The van der Waals surface area contributed by atoms with E-state index in [0.717, 1.165) is 31.6 Å². The largest absolute Gasteiger partial charge is 0.493 e. The Balaban J connectivity index is 1.25. The Morgan fingerprint density at radius 2 is 1.68 bits per heavy atom. The van der Waals surface area contributed by atoms with Gasteiger partial charge in [-0.1, -0.05) is 17.7 Å². The van der Waals surface area contributed by atoms with Crippen molar-refractivity contribution >= 4 is 28.3 Å². The van der Waals surface area contributed by atoms with Gasteiger partial charge in [0.05, 0.1) is 19.2 Å². The number of fused-ring (bicyclic) bond motifs is 1. The van der Waals surface area contributed by atoms with E-state index in [1.165, 1.54) is 25.0 Å². The van der Waals surface area contributed by atoms with E-state index in [2.05, 4.69) is 20.5 Å². The maximum absolute atomic E-state index is 15.0. The van der Waals surface area contributed by atoms with Crippen LogP contribution in [0.4, 0.5) is 20.6 Å². The molecule has 2 amide bonds. The Morgan fingerprint density at radius 1 is 0.925 bits per heavy atom. The second kappa shape index (κ2) is 12.7. The van der Waals surface area contributed by atoms with Gasteiger partial charge in [-0.3, -0.25) is 4.98 Å². The number of amides is 2. The number of benzene rings is 3. The minimum Gasteiger partial charge on any atom is -0.493 e. The third-order valence-corrected chi connectivity index (χ3v) is 6.78. The van der Waals surface area contributed by atoms with Crippen LogP contribution in [0.25, 0.3) is 10.9 Å². The summed E-state index contributed by atoms with van der Waals surface area (Å²) < 4.78 is 32.5. The quantitative estimate of drug-likeness (QED) is 0.209. The van der Waals surface area contributed by atoms with Crippen molar-refractivity contribution in [1.29, 1.82) is 0 Å². The molecule has 4 aromatic rings. The highest BCUT2D eigenvalue weighted by Gasteiger charge is 2.15. The Hall–Kier alpha value is -4.37. The monoisotopic (exact) mass is 544 g/mol. The summed E-state index contributed by atoms with van der Waals surface area (Å²) in [4.78, 5) is 19.2. The summed E-state index contributed by atoms with van der Waals surface area (Å²) >= 11 is 0. The summed E-state index contributed by atoms with van der Waals surface area (Å²) in [5.41, 5.74) is 2.65. The lowest BCUT2D eigenvalue weighted by Gasteiger charge is -2.16.